The Labute approximate surface area is 689 Å². The van der Waals surface area contributed by atoms with Crippen molar-refractivity contribution in [2.24, 2.45) is 0 Å². The SMILES string of the molecule is CN1Cc2c(Cl)cc(Cl)cc2[C@H](c2ccc(S(=O)(=O)N(C)CCOCCOCCNC(=O)CCN(CCC(=O)NCCOCCOCCN(C)S(=O)(=O)c3cccc([C@@H]4CN(C)Cc5c(Cl)cc(Cl)cc54)c3)CCC(=O)NCCOCCOCCN(C)S(=O)(=O)c3cccc([C@@H]4CN(C)Cc5c(Cl)cc(Cl)cc54)c3)cc2)C1. The Hall–Kier alpha value is -5.20. The van der Waals surface area contributed by atoms with Crippen LogP contribution in [0.3, 0.4) is 0 Å². The number of rotatable bonds is 45. The van der Waals surface area contributed by atoms with Gasteiger partial charge in [0.15, 0.2) is 0 Å². The first-order chi connectivity index (χ1) is 53.5. The second-order valence-corrected chi connectivity index (χ2v) is 36.8. The van der Waals surface area contributed by atoms with Crippen molar-refractivity contribution in [3.63, 3.8) is 0 Å². The van der Waals surface area contributed by atoms with Crippen molar-refractivity contribution in [2.75, 3.05) is 200 Å². The van der Waals surface area contributed by atoms with Crippen molar-refractivity contribution in [3.8, 4) is 0 Å². The molecule has 34 heteroatoms. The van der Waals surface area contributed by atoms with E-state index in [4.69, 9.17) is 98.0 Å². The molecule has 3 aliphatic heterocycles. The summed E-state index contributed by atoms with van der Waals surface area (Å²) in [6.45, 7) is 7.78. The zero-order valence-electron chi connectivity index (χ0n) is 64.1. The van der Waals surface area contributed by atoms with Crippen LogP contribution in [-0.2, 0) is 92.5 Å². The summed E-state index contributed by atoms with van der Waals surface area (Å²) in [6.07, 6.45) is 0.202. The van der Waals surface area contributed by atoms with E-state index in [0.29, 0.717) is 62.9 Å². The molecule has 9 rings (SSSR count). The lowest BCUT2D eigenvalue weighted by molar-refractivity contribution is -0.121. The highest BCUT2D eigenvalue weighted by Gasteiger charge is 2.33. The molecule has 614 valence electrons. The maximum absolute atomic E-state index is 13.7. The van der Waals surface area contributed by atoms with E-state index in [1.54, 1.807) is 66.7 Å². The van der Waals surface area contributed by atoms with Crippen LogP contribution in [0.4, 0.5) is 0 Å². The van der Waals surface area contributed by atoms with Gasteiger partial charge in [-0.2, -0.15) is 12.9 Å². The smallest absolute Gasteiger partial charge is 0.242 e. The van der Waals surface area contributed by atoms with Crippen molar-refractivity contribution < 1.29 is 68.1 Å². The Morgan fingerprint density at radius 2 is 0.670 bits per heavy atom. The Balaban J connectivity index is 0.652. The van der Waals surface area contributed by atoms with Crippen LogP contribution < -0.4 is 16.0 Å². The van der Waals surface area contributed by atoms with E-state index in [9.17, 15) is 39.6 Å². The van der Waals surface area contributed by atoms with Crippen LogP contribution in [0.5, 0.6) is 0 Å². The molecule has 3 amide bonds. The summed E-state index contributed by atoms with van der Waals surface area (Å²) in [4.78, 5) is 48.1. The van der Waals surface area contributed by atoms with Crippen LogP contribution in [0.25, 0.3) is 0 Å². The number of benzene rings is 6. The number of fused-ring (bicyclic) bond motifs is 3. The lowest BCUT2D eigenvalue weighted by Crippen LogP contribution is -2.38. The highest BCUT2D eigenvalue weighted by Crippen LogP contribution is 2.42. The molecule has 6 aromatic rings. The minimum absolute atomic E-state index is 0.0369. The van der Waals surface area contributed by atoms with Crippen molar-refractivity contribution in [1.82, 2.24) is 48.5 Å². The highest BCUT2D eigenvalue weighted by atomic mass is 35.5. The van der Waals surface area contributed by atoms with Crippen molar-refractivity contribution >= 4 is 117 Å². The number of ether oxygens (including phenoxy) is 6. The van der Waals surface area contributed by atoms with Gasteiger partial charge in [-0.15, -0.1) is 0 Å². The van der Waals surface area contributed by atoms with E-state index in [0.717, 1.165) is 56.6 Å². The van der Waals surface area contributed by atoms with Crippen molar-refractivity contribution in [3.05, 3.63) is 189 Å². The summed E-state index contributed by atoms with van der Waals surface area (Å²) in [5, 5.41) is 11.9. The normalized spacial score (nSPS) is 16.4. The second kappa shape index (κ2) is 43.8. The maximum atomic E-state index is 13.7. The van der Waals surface area contributed by atoms with Crippen LogP contribution in [0.15, 0.2) is 124 Å². The van der Waals surface area contributed by atoms with Gasteiger partial charge in [0.25, 0.3) is 0 Å². The standard InChI is InChI=1S/C78H102Cl6N10O15S3/c1-88-49-67(64-43-58(79)46-73(82)70(64)52-88)55-13-15-61(16-14-55)110(98,99)91(4)26-32-107-38-35-104-29-20-85-76(95)17-23-94(24-18-77(96)86-21-30-105-36-39-108-33-27-92(5)111(100,101)62-11-7-9-56(41-62)68-50-89(2)53-71-65(68)44-59(80)47-74(71)83)25-19-78(97)87-22-31-106-37-40-109-34-28-93(6)112(102,103)63-12-8-10-57(42-63)69-51-90(3)54-72-66(69)45-60(81)48-75(72)84/h7-16,41-48,67-69H,17-40,49-54H2,1-6H3,(H,85,95)(H,86,96)(H,87,97)/t67-,68-,69-/m0/s1. The van der Waals surface area contributed by atoms with Gasteiger partial charge in [-0.3, -0.25) is 14.4 Å². The average Bonchev–Trinajstić information content (AvgIpc) is 0.778. The zero-order valence-corrected chi connectivity index (χ0v) is 71.1. The van der Waals surface area contributed by atoms with Crippen LogP contribution in [0.1, 0.15) is 87.1 Å². The molecule has 25 nitrogen and oxygen atoms in total. The molecule has 0 spiro atoms. The highest BCUT2D eigenvalue weighted by molar-refractivity contribution is 7.89. The molecule has 3 heterocycles. The Morgan fingerprint density at radius 3 is 0.991 bits per heavy atom. The molecule has 6 aromatic carbocycles. The third-order valence-electron chi connectivity index (χ3n) is 19.8. The number of likely N-dealkylation sites (N-methyl/N-ethyl adjacent to an activating group) is 6. The topological polar surface area (TPSA) is 268 Å². The van der Waals surface area contributed by atoms with Gasteiger partial charge in [0.05, 0.1) is 94.0 Å². The van der Waals surface area contributed by atoms with E-state index in [1.165, 1.54) is 34.1 Å². The molecule has 0 radical (unpaired) electrons. The fraction of sp³-hybridized carbons (Fsp3) is 0.500. The predicted molar refractivity (Wildman–Crippen MR) is 437 cm³/mol. The van der Waals surface area contributed by atoms with E-state index < -0.39 is 30.1 Å². The van der Waals surface area contributed by atoms with E-state index in [2.05, 4.69) is 30.7 Å². The molecule has 0 saturated carbocycles. The molecule has 0 unspecified atom stereocenters. The fourth-order valence-corrected chi connectivity index (χ4v) is 18.9. The van der Waals surface area contributed by atoms with Crippen LogP contribution in [-0.4, -0.2) is 276 Å². The number of hydrogen-bond donors (Lipinski definition) is 3. The third kappa shape index (κ3) is 26.1. The molecular weight excluding hydrogens is 1630 g/mol. The molecule has 0 aromatic heterocycles. The number of hydrogen-bond acceptors (Lipinski definition) is 19. The van der Waals surface area contributed by atoms with Gasteiger partial charge in [-0.25, -0.2) is 25.3 Å². The average molecular weight is 1730 g/mol. The van der Waals surface area contributed by atoms with E-state index in [1.807, 2.05) is 68.5 Å². The summed E-state index contributed by atoms with van der Waals surface area (Å²) in [5.74, 6) is -1.10. The summed E-state index contributed by atoms with van der Waals surface area (Å²) in [6, 6.07) is 31.7. The molecule has 3 N–H and O–H groups in total. The second-order valence-electron chi connectivity index (χ2n) is 28.1. The number of nitrogens with zero attached hydrogens (tertiary/aromatic N) is 7. The summed E-state index contributed by atoms with van der Waals surface area (Å²) < 4.78 is 120. The number of amides is 3. The minimum Gasteiger partial charge on any atom is -0.378 e. The molecule has 3 aliphatic rings. The Kier molecular flexibility index (Phi) is 35.5. The number of carbonyl (C=O) groups is 3. The van der Waals surface area contributed by atoms with E-state index >= 15 is 0 Å². The van der Waals surface area contributed by atoms with Crippen LogP contribution in [0, 0.1) is 0 Å². The van der Waals surface area contributed by atoms with Gasteiger partial charge < -0.3 is 64.0 Å². The zero-order chi connectivity index (χ0) is 80.7. The van der Waals surface area contributed by atoms with Gasteiger partial charge in [0.1, 0.15) is 0 Å². The molecule has 0 bridgehead atoms. The Bertz CT molecular complexity index is 4320. The van der Waals surface area contributed by atoms with Gasteiger partial charge >= 0.3 is 0 Å². The fourth-order valence-electron chi connectivity index (χ4n) is 13.7. The van der Waals surface area contributed by atoms with Gasteiger partial charge in [-0.05, 0) is 144 Å². The van der Waals surface area contributed by atoms with Crippen molar-refractivity contribution in [2.45, 2.75) is 71.3 Å². The van der Waals surface area contributed by atoms with Gasteiger partial charge in [-0.1, -0.05) is 106 Å². The molecule has 0 fully saturated rings. The summed E-state index contributed by atoms with van der Waals surface area (Å²) >= 11 is 39.0. The maximum Gasteiger partial charge on any atom is 0.242 e. The molecule has 112 heavy (non-hydrogen) atoms. The minimum atomic E-state index is -3.86. The first-order valence-electron chi connectivity index (χ1n) is 37.2. The summed E-state index contributed by atoms with van der Waals surface area (Å²) in [5.41, 5.74) is 8.54. The quantitative estimate of drug-likeness (QED) is 0.0300. The largest absolute Gasteiger partial charge is 0.378 e. The first kappa shape index (κ1) is 90.7. The molecule has 3 atom stereocenters. The summed E-state index contributed by atoms with van der Waals surface area (Å²) in [7, 11) is -1.03. The van der Waals surface area contributed by atoms with Crippen molar-refractivity contribution in [1.29, 1.82) is 0 Å². The predicted octanol–water partition coefficient (Wildman–Crippen LogP) is 9.52. The van der Waals surface area contributed by atoms with E-state index in [-0.39, 0.29) is 208 Å². The lowest BCUT2D eigenvalue weighted by atomic mass is 9.85. The molecular formula is C78H102Cl6N10O15S3. The third-order valence-corrected chi connectivity index (χ3v) is 27.1. The molecule has 0 aliphatic carbocycles. The monoisotopic (exact) mass is 1720 g/mol. The lowest BCUT2D eigenvalue weighted by Gasteiger charge is -2.33. The molecule has 0 saturated heterocycles. The Morgan fingerprint density at radius 1 is 0.375 bits per heavy atom. The van der Waals surface area contributed by atoms with Gasteiger partial charge in [0.2, 0.25) is 47.8 Å². The number of carbonyl (C=O) groups excluding carboxylic acids is 3. The van der Waals surface area contributed by atoms with Gasteiger partial charge in [0, 0.05) is 186 Å². The number of sulfonamides is 3. The first-order valence-corrected chi connectivity index (χ1v) is 43.8. The van der Waals surface area contributed by atoms with Crippen LogP contribution in [0.2, 0.25) is 30.1 Å². The number of halogens is 6. The number of nitrogens with one attached hydrogen (secondary N) is 3. The van der Waals surface area contributed by atoms with Crippen LogP contribution >= 0.6 is 69.6 Å².